The second-order valence-electron chi connectivity index (χ2n) is 5.99. The van der Waals surface area contributed by atoms with Crippen LogP contribution in [-0.2, 0) is 4.79 Å². The van der Waals surface area contributed by atoms with Crippen molar-refractivity contribution in [2.75, 3.05) is 12.4 Å². The summed E-state index contributed by atoms with van der Waals surface area (Å²) in [6, 6.07) is 13.1. The number of benzene rings is 2. The van der Waals surface area contributed by atoms with Crippen molar-refractivity contribution in [2.24, 2.45) is 4.99 Å². The molecule has 0 saturated carbocycles. The Bertz CT molecular complexity index is 1190. The number of hydrogen-bond acceptors (Lipinski definition) is 6. The van der Waals surface area contributed by atoms with Gasteiger partial charge in [-0.2, -0.15) is 0 Å². The number of methoxy groups -OCH3 is 1. The lowest BCUT2D eigenvalue weighted by Crippen LogP contribution is -2.31. The van der Waals surface area contributed by atoms with Gasteiger partial charge in [-0.1, -0.05) is 12.1 Å². The van der Waals surface area contributed by atoms with Crippen molar-refractivity contribution in [1.29, 1.82) is 0 Å². The Labute approximate surface area is 164 Å². The van der Waals surface area contributed by atoms with Crippen LogP contribution in [0.5, 0.6) is 11.6 Å². The van der Waals surface area contributed by atoms with Crippen LogP contribution in [0.2, 0.25) is 0 Å². The maximum Gasteiger partial charge on any atom is 0.335 e. The minimum Gasteiger partial charge on any atom is -0.495 e. The Morgan fingerprint density at radius 1 is 1.17 bits per heavy atom. The number of nitrogens with zero attached hydrogens (tertiary/aromatic N) is 2. The quantitative estimate of drug-likeness (QED) is 0.570. The van der Waals surface area contributed by atoms with Gasteiger partial charge in [0.25, 0.3) is 5.56 Å². The van der Waals surface area contributed by atoms with Crippen molar-refractivity contribution in [2.45, 2.75) is 6.92 Å². The summed E-state index contributed by atoms with van der Waals surface area (Å²) < 4.78 is 6.15. The third kappa shape index (κ3) is 4.24. The highest BCUT2D eigenvalue weighted by atomic mass is 16.5. The van der Waals surface area contributed by atoms with E-state index in [1.54, 1.807) is 48.5 Å². The standard InChI is InChI=1S/C20H18N4O5/c1-12(25)22-14-9-7-13(8-10-14)21-11-15-18(26)23-20(28)24(19(15)27)16-5-3-4-6-17(16)29-2/h3-11,27H,1-2H3,(H,22,25)(H,23,26,28). The first kappa shape index (κ1) is 19.6. The van der Waals surface area contributed by atoms with Crippen LogP contribution in [0.25, 0.3) is 5.69 Å². The average molecular weight is 394 g/mol. The zero-order valence-corrected chi connectivity index (χ0v) is 15.7. The van der Waals surface area contributed by atoms with Crippen molar-refractivity contribution in [1.82, 2.24) is 9.55 Å². The Morgan fingerprint density at radius 2 is 1.86 bits per heavy atom. The van der Waals surface area contributed by atoms with E-state index >= 15 is 0 Å². The van der Waals surface area contributed by atoms with E-state index in [1.807, 2.05) is 0 Å². The van der Waals surface area contributed by atoms with Crippen molar-refractivity contribution >= 4 is 23.5 Å². The van der Waals surface area contributed by atoms with Crippen molar-refractivity contribution < 1.29 is 14.6 Å². The van der Waals surface area contributed by atoms with Crippen molar-refractivity contribution in [3.63, 3.8) is 0 Å². The number of carbonyl (C=O) groups excluding carboxylic acids is 1. The summed E-state index contributed by atoms with van der Waals surface area (Å²) in [4.78, 5) is 41.9. The molecule has 0 atom stereocenters. The summed E-state index contributed by atoms with van der Waals surface area (Å²) in [5, 5.41) is 13.2. The summed E-state index contributed by atoms with van der Waals surface area (Å²) in [5.74, 6) is -0.424. The first-order chi connectivity index (χ1) is 13.9. The zero-order valence-electron chi connectivity index (χ0n) is 15.7. The molecule has 0 bridgehead atoms. The Balaban J connectivity index is 2.02. The van der Waals surface area contributed by atoms with Crippen molar-refractivity contribution in [3.05, 3.63) is 74.9 Å². The van der Waals surface area contributed by atoms with Crippen LogP contribution >= 0.6 is 0 Å². The van der Waals surface area contributed by atoms with Gasteiger partial charge in [-0.3, -0.25) is 19.6 Å². The second-order valence-corrected chi connectivity index (χ2v) is 5.99. The number of rotatable bonds is 5. The topological polar surface area (TPSA) is 126 Å². The number of H-pyrrole nitrogens is 1. The number of amides is 1. The van der Waals surface area contributed by atoms with E-state index in [2.05, 4.69) is 15.3 Å². The molecule has 2 aromatic carbocycles. The molecule has 29 heavy (non-hydrogen) atoms. The van der Waals surface area contributed by atoms with Gasteiger partial charge in [-0.25, -0.2) is 9.36 Å². The summed E-state index contributed by atoms with van der Waals surface area (Å²) in [7, 11) is 1.43. The summed E-state index contributed by atoms with van der Waals surface area (Å²) in [5.41, 5.74) is -0.439. The Kier molecular flexibility index (Phi) is 5.59. The maximum atomic E-state index is 12.3. The number of ether oxygens (including phenoxy) is 1. The Hall–Kier alpha value is -4.14. The van der Waals surface area contributed by atoms with Gasteiger partial charge in [-0.05, 0) is 36.4 Å². The SMILES string of the molecule is COc1ccccc1-n1c(O)c(C=Nc2ccc(NC(C)=O)cc2)c(=O)[nH]c1=O. The smallest absolute Gasteiger partial charge is 0.335 e. The van der Waals surface area contributed by atoms with Gasteiger partial charge in [0.05, 0.1) is 18.5 Å². The molecule has 0 spiro atoms. The van der Waals surface area contributed by atoms with Gasteiger partial charge in [0.2, 0.25) is 11.8 Å². The monoisotopic (exact) mass is 394 g/mol. The fraction of sp³-hybridized carbons (Fsp3) is 0.100. The third-order valence-electron chi connectivity index (χ3n) is 3.98. The highest BCUT2D eigenvalue weighted by Gasteiger charge is 2.16. The van der Waals surface area contributed by atoms with E-state index in [-0.39, 0.29) is 17.2 Å². The fourth-order valence-corrected chi connectivity index (χ4v) is 2.67. The molecule has 1 amide bonds. The second kappa shape index (κ2) is 8.26. The number of aliphatic imine (C=N–C) groups is 1. The third-order valence-corrected chi connectivity index (χ3v) is 3.98. The molecule has 148 valence electrons. The lowest BCUT2D eigenvalue weighted by Gasteiger charge is -2.12. The predicted molar refractivity (Wildman–Crippen MR) is 109 cm³/mol. The molecule has 0 saturated heterocycles. The summed E-state index contributed by atoms with van der Waals surface area (Å²) >= 11 is 0. The van der Waals surface area contributed by atoms with Crippen LogP contribution in [-0.4, -0.2) is 33.9 Å². The molecule has 1 aromatic heterocycles. The highest BCUT2D eigenvalue weighted by molar-refractivity contribution is 5.89. The number of aromatic amines is 1. The van der Waals surface area contributed by atoms with E-state index in [9.17, 15) is 19.5 Å². The minimum atomic E-state index is -0.811. The van der Waals surface area contributed by atoms with Gasteiger partial charge >= 0.3 is 5.69 Å². The summed E-state index contributed by atoms with van der Waals surface area (Å²) in [6.45, 7) is 1.40. The van der Waals surface area contributed by atoms with Crippen molar-refractivity contribution in [3.8, 4) is 17.3 Å². The lowest BCUT2D eigenvalue weighted by molar-refractivity contribution is -0.114. The minimum absolute atomic E-state index is 0.193. The predicted octanol–water partition coefficient (Wildman–Crippen LogP) is 1.95. The first-order valence-electron chi connectivity index (χ1n) is 8.54. The van der Waals surface area contributed by atoms with Gasteiger partial charge < -0.3 is 15.2 Å². The normalized spacial score (nSPS) is 10.8. The van der Waals surface area contributed by atoms with Gasteiger partial charge in [0.1, 0.15) is 11.3 Å². The molecule has 0 radical (unpaired) electrons. The van der Waals surface area contributed by atoms with E-state index < -0.39 is 17.1 Å². The number of anilines is 1. The average Bonchev–Trinajstić information content (AvgIpc) is 2.68. The fourth-order valence-electron chi connectivity index (χ4n) is 2.67. The number of aromatic hydroxyl groups is 1. The van der Waals surface area contributed by atoms with Gasteiger partial charge in [-0.15, -0.1) is 0 Å². The highest BCUT2D eigenvalue weighted by Crippen LogP contribution is 2.25. The molecule has 0 aliphatic rings. The van der Waals surface area contributed by atoms with Crippen LogP contribution < -0.4 is 21.3 Å². The molecular formula is C20H18N4O5. The van der Waals surface area contributed by atoms with Crippen LogP contribution in [0.3, 0.4) is 0 Å². The number of aromatic nitrogens is 2. The van der Waals surface area contributed by atoms with E-state index in [0.29, 0.717) is 17.1 Å². The molecule has 0 aliphatic heterocycles. The number of carbonyl (C=O) groups is 1. The number of nitrogens with one attached hydrogen (secondary N) is 2. The number of para-hydroxylation sites is 2. The molecule has 9 heteroatoms. The van der Waals surface area contributed by atoms with E-state index in [0.717, 1.165) is 10.8 Å². The maximum absolute atomic E-state index is 12.3. The van der Waals surface area contributed by atoms with Crippen LogP contribution in [0.4, 0.5) is 11.4 Å². The van der Waals surface area contributed by atoms with E-state index in [1.165, 1.54) is 14.0 Å². The largest absolute Gasteiger partial charge is 0.495 e. The number of hydrogen-bond donors (Lipinski definition) is 3. The van der Waals surface area contributed by atoms with E-state index in [4.69, 9.17) is 4.74 Å². The van der Waals surface area contributed by atoms with Gasteiger partial charge in [0, 0.05) is 18.8 Å². The molecule has 0 unspecified atom stereocenters. The molecule has 3 N–H and O–H groups in total. The summed E-state index contributed by atoms with van der Waals surface area (Å²) in [6.07, 6.45) is 1.16. The Morgan fingerprint density at radius 3 is 2.52 bits per heavy atom. The lowest BCUT2D eigenvalue weighted by atomic mass is 10.2. The van der Waals surface area contributed by atoms with Gasteiger partial charge in [0.15, 0.2) is 0 Å². The molecule has 0 aliphatic carbocycles. The molecule has 3 aromatic rings. The zero-order chi connectivity index (χ0) is 21.0. The first-order valence-corrected chi connectivity index (χ1v) is 8.54. The molecule has 1 heterocycles. The molecular weight excluding hydrogens is 376 g/mol. The molecule has 0 fully saturated rings. The molecule has 9 nitrogen and oxygen atoms in total. The van der Waals surface area contributed by atoms with Crippen LogP contribution in [0, 0.1) is 0 Å². The van der Waals surface area contributed by atoms with Crippen LogP contribution in [0.15, 0.2) is 63.1 Å². The van der Waals surface area contributed by atoms with Crippen LogP contribution in [0.1, 0.15) is 12.5 Å². The molecule has 3 rings (SSSR count).